The van der Waals surface area contributed by atoms with Gasteiger partial charge in [0.1, 0.15) is 0 Å². The van der Waals surface area contributed by atoms with Gasteiger partial charge in [-0.25, -0.2) is 0 Å². The predicted molar refractivity (Wildman–Crippen MR) is 87.3 cm³/mol. The molecule has 0 radical (unpaired) electrons. The zero-order valence-electron chi connectivity index (χ0n) is 12.7. The molecule has 1 unspecified atom stereocenters. The van der Waals surface area contributed by atoms with Crippen molar-refractivity contribution in [2.24, 2.45) is 0 Å². The van der Waals surface area contributed by atoms with E-state index in [4.69, 9.17) is 9.47 Å². The Kier molecular flexibility index (Phi) is 4.97. The molecule has 0 bridgehead atoms. The highest BCUT2D eigenvalue weighted by Crippen LogP contribution is 2.36. The number of fused-ring (bicyclic) bond motifs is 1. The van der Waals surface area contributed by atoms with E-state index in [0.717, 1.165) is 36.6 Å². The fourth-order valence-corrected chi connectivity index (χ4v) is 3.48. The van der Waals surface area contributed by atoms with Crippen LogP contribution in [0.1, 0.15) is 23.8 Å². The molecule has 2 aromatic rings. The van der Waals surface area contributed by atoms with E-state index in [-0.39, 0.29) is 19.4 Å². The molecule has 0 amide bonds. The molecule has 118 valence electrons. The van der Waals surface area contributed by atoms with Crippen LogP contribution in [-0.2, 0) is 13.1 Å². The molecule has 0 saturated heterocycles. The average Bonchev–Trinajstić information content (AvgIpc) is 3.19. The Morgan fingerprint density at radius 3 is 2.86 bits per heavy atom. The molecule has 1 atom stereocenters. The van der Waals surface area contributed by atoms with Gasteiger partial charge in [-0.05, 0) is 23.9 Å². The summed E-state index contributed by atoms with van der Waals surface area (Å²) in [5.41, 5.74) is 1.11. The van der Waals surface area contributed by atoms with E-state index >= 15 is 0 Å². The Labute approximate surface area is 134 Å². The van der Waals surface area contributed by atoms with Crippen LogP contribution in [-0.4, -0.2) is 29.4 Å². The van der Waals surface area contributed by atoms with Gasteiger partial charge in [0.2, 0.25) is 6.79 Å². The number of hydrogen-bond donors (Lipinski definition) is 1. The third-order valence-electron chi connectivity index (χ3n) is 3.99. The van der Waals surface area contributed by atoms with Crippen LogP contribution >= 0.6 is 11.3 Å². The largest absolute Gasteiger partial charge is 0.454 e. The molecule has 0 saturated carbocycles. The Bertz CT molecular complexity index is 596. The molecular formula is C17H21NO3S. The minimum atomic E-state index is 0.139. The smallest absolute Gasteiger partial charge is 0.231 e. The first-order chi connectivity index (χ1) is 10.8. The maximum absolute atomic E-state index is 9.70. The van der Waals surface area contributed by atoms with E-state index in [2.05, 4.69) is 35.4 Å². The molecular weight excluding hydrogens is 298 g/mol. The van der Waals surface area contributed by atoms with Gasteiger partial charge >= 0.3 is 0 Å². The molecule has 1 N–H and O–H groups in total. The molecule has 1 aliphatic heterocycles. The van der Waals surface area contributed by atoms with Crippen molar-refractivity contribution in [2.45, 2.75) is 32.5 Å². The van der Waals surface area contributed by atoms with Crippen LogP contribution in [0.4, 0.5) is 0 Å². The fourth-order valence-electron chi connectivity index (χ4n) is 2.75. The molecule has 5 heteroatoms. The highest BCUT2D eigenvalue weighted by atomic mass is 32.1. The monoisotopic (exact) mass is 319 g/mol. The highest BCUT2D eigenvalue weighted by Gasteiger charge is 2.22. The minimum Gasteiger partial charge on any atom is -0.454 e. The predicted octanol–water partition coefficient (Wildman–Crippen LogP) is 3.25. The van der Waals surface area contributed by atoms with Gasteiger partial charge in [0, 0.05) is 29.6 Å². The molecule has 4 nitrogen and oxygen atoms in total. The van der Waals surface area contributed by atoms with Crippen molar-refractivity contribution in [3.05, 3.63) is 46.2 Å². The molecule has 2 heterocycles. The van der Waals surface area contributed by atoms with Crippen LogP contribution in [0, 0.1) is 0 Å². The van der Waals surface area contributed by atoms with E-state index < -0.39 is 0 Å². The van der Waals surface area contributed by atoms with Crippen LogP contribution in [0.3, 0.4) is 0 Å². The zero-order valence-corrected chi connectivity index (χ0v) is 13.5. The van der Waals surface area contributed by atoms with Crippen LogP contribution in [0.15, 0.2) is 35.7 Å². The normalized spacial score (nSPS) is 14.5. The SMILES string of the molecule is CCC(CO)N(Cc1cccs1)Cc1cccc2c1OCO2. The highest BCUT2D eigenvalue weighted by molar-refractivity contribution is 7.09. The number of benzene rings is 1. The van der Waals surface area contributed by atoms with Gasteiger partial charge in [-0.1, -0.05) is 25.1 Å². The zero-order chi connectivity index (χ0) is 15.4. The number of rotatable bonds is 7. The van der Waals surface area contributed by atoms with E-state index in [1.165, 1.54) is 4.88 Å². The Hall–Kier alpha value is -1.56. The van der Waals surface area contributed by atoms with Crippen molar-refractivity contribution < 1.29 is 14.6 Å². The topological polar surface area (TPSA) is 41.9 Å². The number of thiophene rings is 1. The molecule has 22 heavy (non-hydrogen) atoms. The van der Waals surface area contributed by atoms with Crippen LogP contribution in [0.5, 0.6) is 11.5 Å². The minimum absolute atomic E-state index is 0.139. The average molecular weight is 319 g/mol. The number of ether oxygens (including phenoxy) is 2. The Morgan fingerprint density at radius 1 is 1.23 bits per heavy atom. The maximum atomic E-state index is 9.70. The van der Waals surface area contributed by atoms with E-state index in [9.17, 15) is 5.11 Å². The Morgan fingerprint density at radius 2 is 2.14 bits per heavy atom. The number of hydrogen-bond acceptors (Lipinski definition) is 5. The van der Waals surface area contributed by atoms with Crippen molar-refractivity contribution in [3.8, 4) is 11.5 Å². The molecule has 1 aliphatic rings. The van der Waals surface area contributed by atoms with Gasteiger partial charge in [0.05, 0.1) is 6.61 Å². The summed E-state index contributed by atoms with van der Waals surface area (Å²) in [7, 11) is 0. The van der Waals surface area contributed by atoms with Crippen molar-refractivity contribution in [1.82, 2.24) is 4.90 Å². The third-order valence-corrected chi connectivity index (χ3v) is 4.85. The van der Waals surface area contributed by atoms with Gasteiger partial charge < -0.3 is 14.6 Å². The van der Waals surface area contributed by atoms with Crippen molar-refractivity contribution in [1.29, 1.82) is 0 Å². The molecule has 1 aromatic heterocycles. The van der Waals surface area contributed by atoms with Gasteiger partial charge in [-0.2, -0.15) is 0 Å². The molecule has 0 spiro atoms. The van der Waals surface area contributed by atoms with Gasteiger partial charge in [0.15, 0.2) is 11.5 Å². The lowest BCUT2D eigenvalue weighted by Gasteiger charge is -2.29. The third kappa shape index (κ3) is 3.27. The number of para-hydroxylation sites is 1. The first kappa shape index (κ1) is 15.3. The van der Waals surface area contributed by atoms with E-state index in [1.807, 2.05) is 12.1 Å². The standard InChI is InChI=1S/C17H21NO3S/c1-2-14(11-19)18(10-15-6-4-8-22-15)9-13-5-3-7-16-17(13)21-12-20-16/h3-8,14,19H,2,9-12H2,1H3. The van der Waals surface area contributed by atoms with Crippen LogP contribution in [0.2, 0.25) is 0 Å². The first-order valence-corrected chi connectivity index (χ1v) is 8.44. The van der Waals surface area contributed by atoms with Gasteiger partial charge in [-0.3, -0.25) is 4.90 Å². The Balaban J connectivity index is 1.82. The quantitative estimate of drug-likeness (QED) is 0.850. The van der Waals surface area contributed by atoms with Crippen molar-refractivity contribution >= 4 is 11.3 Å². The molecule has 1 aromatic carbocycles. The lowest BCUT2D eigenvalue weighted by atomic mass is 10.1. The summed E-state index contributed by atoms with van der Waals surface area (Å²) >= 11 is 1.75. The summed E-state index contributed by atoms with van der Waals surface area (Å²) in [5.74, 6) is 1.65. The first-order valence-electron chi connectivity index (χ1n) is 7.56. The number of aliphatic hydroxyl groups excluding tert-OH is 1. The van der Waals surface area contributed by atoms with Crippen molar-refractivity contribution in [2.75, 3.05) is 13.4 Å². The summed E-state index contributed by atoms with van der Waals surface area (Å²) in [6, 6.07) is 10.3. The van der Waals surface area contributed by atoms with Crippen molar-refractivity contribution in [3.63, 3.8) is 0 Å². The summed E-state index contributed by atoms with van der Waals surface area (Å²) in [6.07, 6.45) is 0.911. The molecule has 0 aliphatic carbocycles. The lowest BCUT2D eigenvalue weighted by molar-refractivity contribution is 0.106. The van der Waals surface area contributed by atoms with E-state index in [0.29, 0.717) is 0 Å². The van der Waals surface area contributed by atoms with E-state index in [1.54, 1.807) is 11.3 Å². The summed E-state index contributed by atoms with van der Waals surface area (Å²) in [5, 5.41) is 11.8. The summed E-state index contributed by atoms with van der Waals surface area (Å²) in [4.78, 5) is 3.61. The molecule has 0 fully saturated rings. The van der Waals surface area contributed by atoms with Gasteiger partial charge in [-0.15, -0.1) is 11.3 Å². The second-order valence-corrected chi connectivity index (χ2v) is 6.41. The lowest BCUT2D eigenvalue weighted by Crippen LogP contribution is -2.36. The van der Waals surface area contributed by atoms with Crippen LogP contribution < -0.4 is 9.47 Å². The maximum Gasteiger partial charge on any atom is 0.231 e. The summed E-state index contributed by atoms with van der Waals surface area (Å²) < 4.78 is 11.1. The second-order valence-electron chi connectivity index (χ2n) is 5.38. The molecule has 3 rings (SSSR count). The second kappa shape index (κ2) is 7.13. The van der Waals surface area contributed by atoms with Gasteiger partial charge in [0.25, 0.3) is 0 Å². The van der Waals surface area contributed by atoms with Crippen LogP contribution in [0.25, 0.3) is 0 Å². The number of aliphatic hydroxyl groups is 1. The number of nitrogens with zero attached hydrogens (tertiary/aromatic N) is 1. The fraction of sp³-hybridized carbons (Fsp3) is 0.412. The summed E-state index contributed by atoms with van der Waals surface area (Å²) in [6.45, 7) is 4.13.